The largest absolute Gasteiger partial charge is 0.361 e. The monoisotopic (exact) mass is 242 g/mol. The average molecular weight is 242 g/mol. The fourth-order valence-corrected chi connectivity index (χ4v) is 2.99. The molecule has 0 aliphatic carbocycles. The summed E-state index contributed by atoms with van der Waals surface area (Å²) in [5.41, 5.74) is 4.19. The highest BCUT2D eigenvalue weighted by Crippen LogP contribution is 2.22. The molecular weight excluding hydrogens is 220 g/mol. The number of aromatic amines is 1. The molecule has 1 aromatic carbocycles. The Morgan fingerprint density at radius 3 is 3.06 bits per heavy atom. The van der Waals surface area contributed by atoms with E-state index < -0.39 is 0 Å². The van der Waals surface area contributed by atoms with Gasteiger partial charge in [-0.05, 0) is 61.9 Å². The molecule has 1 saturated heterocycles. The Hall–Kier alpha value is -1.28. The van der Waals surface area contributed by atoms with Crippen LogP contribution in [0.1, 0.15) is 37.3 Å². The van der Waals surface area contributed by atoms with E-state index in [9.17, 15) is 0 Å². The lowest BCUT2D eigenvalue weighted by Crippen LogP contribution is -2.21. The molecule has 0 amide bonds. The summed E-state index contributed by atoms with van der Waals surface area (Å²) in [4.78, 5) is 3.39. The number of rotatable bonds is 4. The molecule has 1 aliphatic heterocycles. The van der Waals surface area contributed by atoms with Crippen LogP contribution >= 0.6 is 0 Å². The quantitative estimate of drug-likeness (QED) is 0.845. The summed E-state index contributed by atoms with van der Waals surface area (Å²) in [7, 11) is 0. The molecule has 1 aliphatic rings. The van der Waals surface area contributed by atoms with Gasteiger partial charge in [0.05, 0.1) is 0 Å². The molecule has 1 fully saturated rings. The number of hydrogen-bond donors (Lipinski definition) is 2. The smallest absolute Gasteiger partial charge is 0.0456 e. The van der Waals surface area contributed by atoms with Crippen LogP contribution in [0.5, 0.6) is 0 Å². The maximum absolute atomic E-state index is 3.58. The van der Waals surface area contributed by atoms with Crippen molar-refractivity contribution >= 4 is 10.9 Å². The van der Waals surface area contributed by atoms with Gasteiger partial charge in [0.2, 0.25) is 0 Å². The summed E-state index contributed by atoms with van der Waals surface area (Å²) in [5.74, 6) is 0. The standard InChI is InChI=1S/C16H22N2/c1-2-12-5-8-16-15(10-12)13(11-18-16)6-7-14-4-3-9-17-14/h5,8,10-11,14,17-18H,2-4,6-7,9H2,1H3. The summed E-state index contributed by atoms with van der Waals surface area (Å²) in [6.07, 6.45) is 8.46. The molecule has 2 heterocycles. The molecule has 1 unspecified atom stereocenters. The van der Waals surface area contributed by atoms with Gasteiger partial charge in [-0.25, -0.2) is 0 Å². The van der Waals surface area contributed by atoms with Gasteiger partial charge in [0.1, 0.15) is 0 Å². The lowest BCUT2D eigenvalue weighted by Gasteiger charge is -2.09. The van der Waals surface area contributed by atoms with Crippen molar-refractivity contribution in [1.82, 2.24) is 10.3 Å². The molecule has 0 saturated carbocycles. The van der Waals surface area contributed by atoms with Crippen LogP contribution in [-0.2, 0) is 12.8 Å². The van der Waals surface area contributed by atoms with Crippen LogP contribution in [0, 0.1) is 0 Å². The minimum atomic E-state index is 0.740. The van der Waals surface area contributed by atoms with Crippen molar-refractivity contribution in [3.63, 3.8) is 0 Å². The fourth-order valence-electron chi connectivity index (χ4n) is 2.99. The van der Waals surface area contributed by atoms with Crippen molar-refractivity contribution in [2.24, 2.45) is 0 Å². The van der Waals surface area contributed by atoms with Crippen LogP contribution in [0.3, 0.4) is 0 Å². The first-order chi connectivity index (χ1) is 8.86. The van der Waals surface area contributed by atoms with E-state index in [0.29, 0.717) is 0 Å². The molecule has 0 spiro atoms. The first kappa shape index (κ1) is 11.8. The molecule has 18 heavy (non-hydrogen) atoms. The molecule has 2 aromatic rings. The van der Waals surface area contributed by atoms with Crippen LogP contribution in [0.15, 0.2) is 24.4 Å². The third-order valence-electron chi connectivity index (χ3n) is 4.16. The minimum Gasteiger partial charge on any atom is -0.361 e. The second kappa shape index (κ2) is 5.15. The van der Waals surface area contributed by atoms with Crippen LogP contribution in [0.25, 0.3) is 10.9 Å². The number of aromatic nitrogens is 1. The van der Waals surface area contributed by atoms with E-state index in [1.807, 2.05) is 0 Å². The van der Waals surface area contributed by atoms with Crippen LogP contribution in [0.2, 0.25) is 0 Å². The van der Waals surface area contributed by atoms with Gasteiger partial charge in [-0.1, -0.05) is 13.0 Å². The zero-order chi connectivity index (χ0) is 12.4. The van der Waals surface area contributed by atoms with E-state index in [1.54, 1.807) is 0 Å². The van der Waals surface area contributed by atoms with Crippen LogP contribution in [0.4, 0.5) is 0 Å². The van der Waals surface area contributed by atoms with E-state index in [-0.39, 0.29) is 0 Å². The molecule has 1 aromatic heterocycles. The highest BCUT2D eigenvalue weighted by Gasteiger charge is 2.14. The molecular formula is C16H22N2. The molecule has 96 valence electrons. The number of nitrogens with one attached hydrogen (secondary N) is 2. The molecule has 2 N–H and O–H groups in total. The van der Waals surface area contributed by atoms with Gasteiger partial charge in [0.25, 0.3) is 0 Å². The molecule has 2 nitrogen and oxygen atoms in total. The Bertz CT molecular complexity index is 521. The molecule has 0 radical (unpaired) electrons. The van der Waals surface area contributed by atoms with Crippen molar-refractivity contribution in [3.8, 4) is 0 Å². The molecule has 0 bridgehead atoms. The molecule has 2 heteroatoms. The maximum atomic E-state index is 3.58. The highest BCUT2D eigenvalue weighted by atomic mass is 14.9. The zero-order valence-corrected chi connectivity index (χ0v) is 11.1. The Balaban J connectivity index is 1.78. The highest BCUT2D eigenvalue weighted by molar-refractivity contribution is 5.83. The Morgan fingerprint density at radius 2 is 2.28 bits per heavy atom. The lowest BCUT2D eigenvalue weighted by atomic mass is 10.0. The summed E-state index contributed by atoms with van der Waals surface area (Å²) in [6.45, 7) is 3.43. The SMILES string of the molecule is CCc1ccc2[nH]cc(CCC3CCCN3)c2c1. The Kier molecular flexibility index (Phi) is 3.37. The fraction of sp³-hybridized carbons (Fsp3) is 0.500. The summed E-state index contributed by atoms with van der Waals surface area (Å²) >= 11 is 0. The maximum Gasteiger partial charge on any atom is 0.0456 e. The van der Waals surface area contributed by atoms with E-state index >= 15 is 0 Å². The van der Waals surface area contributed by atoms with Crippen molar-refractivity contribution in [1.29, 1.82) is 0 Å². The normalized spacial score (nSPS) is 19.7. The molecule has 1 atom stereocenters. The summed E-state index contributed by atoms with van der Waals surface area (Å²) in [5, 5.41) is 5.00. The lowest BCUT2D eigenvalue weighted by molar-refractivity contribution is 0.560. The van der Waals surface area contributed by atoms with Gasteiger partial charge in [0, 0.05) is 23.1 Å². The summed E-state index contributed by atoms with van der Waals surface area (Å²) in [6, 6.07) is 7.53. The zero-order valence-electron chi connectivity index (χ0n) is 11.1. The third kappa shape index (κ3) is 2.30. The van der Waals surface area contributed by atoms with Crippen molar-refractivity contribution in [2.45, 2.75) is 45.1 Å². The van der Waals surface area contributed by atoms with Crippen LogP contribution in [-0.4, -0.2) is 17.6 Å². The second-order valence-corrected chi connectivity index (χ2v) is 5.38. The summed E-state index contributed by atoms with van der Waals surface area (Å²) < 4.78 is 0. The van der Waals surface area contributed by atoms with E-state index in [4.69, 9.17) is 0 Å². The first-order valence-corrected chi connectivity index (χ1v) is 7.19. The second-order valence-electron chi connectivity index (χ2n) is 5.38. The van der Waals surface area contributed by atoms with Gasteiger partial charge >= 0.3 is 0 Å². The number of benzene rings is 1. The van der Waals surface area contributed by atoms with Gasteiger partial charge in [0.15, 0.2) is 0 Å². The average Bonchev–Trinajstić information content (AvgIpc) is 3.05. The van der Waals surface area contributed by atoms with E-state index in [0.717, 1.165) is 12.5 Å². The topological polar surface area (TPSA) is 27.8 Å². The number of aryl methyl sites for hydroxylation is 2. The van der Waals surface area contributed by atoms with Gasteiger partial charge in [-0.15, -0.1) is 0 Å². The third-order valence-corrected chi connectivity index (χ3v) is 4.16. The number of fused-ring (bicyclic) bond motifs is 1. The Labute approximate surface area is 109 Å². The minimum absolute atomic E-state index is 0.740. The van der Waals surface area contributed by atoms with Gasteiger partial charge in [-0.2, -0.15) is 0 Å². The molecule has 3 rings (SSSR count). The number of H-pyrrole nitrogens is 1. The van der Waals surface area contributed by atoms with Gasteiger partial charge < -0.3 is 10.3 Å². The van der Waals surface area contributed by atoms with Crippen molar-refractivity contribution in [3.05, 3.63) is 35.5 Å². The first-order valence-electron chi connectivity index (χ1n) is 7.19. The van der Waals surface area contributed by atoms with Gasteiger partial charge in [-0.3, -0.25) is 0 Å². The Morgan fingerprint density at radius 1 is 1.33 bits per heavy atom. The van der Waals surface area contributed by atoms with E-state index in [2.05, 4.69) is 41.6 Å². The predicted molar refractivity (Wildman–Crippen MR) is 77.0 cm³/mol. The van der Waals surface area contributed by atoms with E-state index in [1.165, 1.54) is 54.3 Å². The van der Waals surface area contributed by atoms with Crippen LogP contribution < -0.4 is 5.32 Å². The van der Waals surface area contributed by atoms with Crippen molar-refractivity contribution in [2.75, 3.05) is 6.54 Å². The van der Waals surface area contributed by atoms with Crippen molar-refractivity contribution < 1.29 is 0 Å². The predicted octanol–water partition coefficient (Wildman–Crippen LogP) is 3.41. The number of hydrogen-bond acceptors (Lipinski definition) is 1.